The first kappa shape index (κ1) is 16.1. The van der Waals surface area contributed by atoms with E-state index in [0.29, 0.717) is 24.0 Å². The molecular formula is C20H17N3O3. The average Bonchev–Trinajstić information content (AvgIpc) is 3.02. The van der Waals surface area contributed by atoms with Crippen LogP contribution in [0, 0.1) is 0 Å². The van der Waals surface area contributed by atoms with Gasteiger partial charge in [-0.15, -0.1) is 0 Å². The van der Waals surface area contributed by atoms with Gasteiger partial charge in [-0.05, 0) is 29.7 Å². The van der Waals surface area contributed by atoms with E-state index in [9.17, 15) is 9.90 Å². The van der Waals surface area contributed by atoms with Crippen LogP contribution in [0.15, 0.2) is 66.9 Å². The molecule has 6 heteroatoms. The van der Waals surface area contributed by atoms with Crippen molar-refractivity contribution >= 4 is 11.9 Å². The van der Waals surface area contributed by atoms with E-state index < -0.39 is 11.9 Å². The molecule has 0 fully saturated rings. The van der Waals surface area contributed by atoms with Crippen LogP contribution in [0.4, 0.5) is 5.95 Å². The van der Waals surface area contributed by atoms with Crippen LogP contribution >= 0.6 is 0 Å². The fourth-order valence-corrected chi connectivity index (χ4v) is 3.24. The minimum atomic E-state index is -0.816. The molecule has 0 saturated carbocycles. The Morgan fingerprint density at radius 1 is 1.04 bits per heavy atom. The first-order valence-corrected chi connectivity index (χ1v) is 8.35. The number of rotatable bonds is 5. The summed E-state index contributed by atoms with van der Waals surface area (Å²) in [4.78, 5) is 20.2. The van der Waals surface area contributed by atoms with Crippen molar-refractivity contribution in [3.63, 3.8) is 0 Å². The van der Waals surface area contributed by atoms with Gasteiger partial charge in [0.15, 0.2) is 0 Å². The molecule has 0 amide bonds. The molecule has 130 valence electrons. The van der Waals surface area contributed by atoms with Crippen molar-refractivity contribution in [1.29, 1.82) is 0 Å². The lowest BCUT2D eigenvalue weighted by atomic mass is 10.0. The van der Waals surface area contributed by atoms with Crippen LogP contribution in [0.5, 0.6) is 11.6 Å². The minimum absolute atomic E-state index is 0.153. The summed E-state index contributed by atoms with van der Waals surface area (Å²) >= 11 is 0. The van der Waals surface area contributed by atoms with Crippen molar-refractivity contribution in [3.8, 4) is 11.6 Å². The van der Waals surface area contributed by atoms with Crippen LogP contribution in [-0.4, -0.2) is 21.0 Å². The number of carboxylic acid groups (broad SMARTS) is 1. The molecule has 26 heavy (non-hydrogen) atoms. The predicted octanol–water partition coefficient (Wildman–Crippen LogP) is 3.99. The van der Waals surface area contributed by atoms with Crippen molar-refractivity contribution in [2.24, 2.45) is 0 Å². The maximum absolute atomic E-state index is 11.5. The van der Waals surface area contributed by atoms with E-state index in [4.69, 9.17) is 4.74 Å². The Morgan fingerprint density at radius 3 is 2.54 bits per heavy atom. The van der Waals surface area contributed by atoms with Crippen molar-refractivity contribution in [3.05, 3.63) is 78.0 Å². The normalized spacial score (nSPS) is 18.2. The Hall–Kier alpha value is -3.41. The summed E-state index contributed by atoms with van der Waals surface area (Å²) in [6.07, 6.45) is 2.07. The van der Waals surface area contributed by atoms with Gasteiger partial charge < -0.3 is 15.2 Å². The second-order valence-electron chi connectivity index (χ2n) is 6.09. The van der Waals surface area contributed by atoms with Gasteiger partial charge in [-0.25, -0.2) is 4.98 Å². The molecule has 2 unspecified atom stereocenters. The molecule has 2 aromatic carbocycles. The second-order valence-corrected chi connectivity index (χ2v) is 6.09. The average molecular weight is 347 g/mol. The smallest absolute Gasteiger partial charge is 0.311 e. The van der Waals surface area contributed by atoms with Gasteiger partial charge in [0.2, 0.25) is 11.8 Å². The van der Waals surface area contributed by atoms with Gasteiger partial charge in [-0.3, -0.25) is 4.79 Å². The van der Waals surface area contributed by atoms with Crippen LogP contribution in [0.1, 0.15) is 29.5 Å². The highest BCUT2D eigenvalue weighted by Crippen LogP contribution is 2.41. The molecule has 1 aromatic heterocycles. The molecule has 3 aromatic rings. The molecule has 1 heterocycles. The number of aromatic nitrogens is 2. The van der Waals surface area contributed by atoms with Gasteiger partial charge >= 0.3 is 5.97 Å². The summed E-state index contributed by atoms with van der Waals surface area (Å²) in [5.74, 6) is 0.185. The maximum Gasteiger partial charge on any atom is 0.311 e. The molecule has 1 aliphatic rings. The molecule has 0 radical (unpaired) electrons. The quantitative estimate of drug-likeness (QED) is 0.726. The number of aliphatic carboxylic acids is 1. The van der Waals surface area contributed by atoms with Gasteiger partial charge in [0.25, 0.3) is 0 Å². The molecule has 1 aliphatic carbocycles. The fraction of sp³-hybridized carbons (Fsp3) is 0.150. The van der Waals surface area contributed by atoms with Crippen molar-refractivity contribution in [2.75, 3.05) is 5.32 Å². The highest BCUT2D eigenvalue weighted by Gasteiger charge is 2.35. The molecule has 0 aliphatic heterocycles. The third kappa shape index (κ3) is 3.21. The first-order valence-electron chi connectivity index (χ1n) is 8.35. The predicted molar refractivity (Wildman–Crippen MR) is 96.3 cm³/mol. The van der Waals surface area contributed by atoms with E-state index in [0.717, 1.165) is 11.1 Å². The second kappa shape index (κ2) is 6.84. The Balaban J connectivity index is 1.55. The largest absolute Gasteiger partial charge is 0.481 e. The highest BCUT2D eigenvalue weighted by molar-refractivity contribution is 5.78. The third-order valence-corrected chi connectivity index (χ3v) is 4.42. The number of hydrogen-bond donors (Lipinski definition) is 2. The number of hydrogen-bond acceptors (Lipinski definition) is 5. The lowest BCUT2D eigenvalue weighted by Crippen LogP contribution is -2.12. The summed E-state index contributed by atoms with van der Waals surface area (Å²) in [6.45, 7) is 0. The SMILES string of the molecule is O=C(O)C1CC(Nc2nccc(Oc3ccccc3)n2)c2ccccc21. The zero-order valence-electron chi connectivity index (χ0n) is 13.9. The summed E-state index contributed by atoms with van der Waals surface area (Å²) in [5.41, 5.74) is 1.81. The maximum atomic E-state index is 11.5. The zero-order valence-corrected chi connectivity index (χ0v) is 13.9. The van der Waals surface area contributed by atoms with E-state index in [-0.39, 0.29) is 6.04 Å². The van der Waals surface area contributed by atoms with Crippen LogP contribution in [0.25, 0.3) is 0 Å². The molecule has 2 N–H and O–H groups in total. The first-order chi connectivity index (χ1) is 12.7. The van der Waals surface area contributed by atoms with Crippen LogP contribution < -0.4 is 10.1 Å². The van der Waals surface area contributed by atoms with Crippen LogP contribution in [0.2, 0.25) is 0 Å². The van der Waals surface area contributed by atoms with Crippen molar-refractivity contribution < 1.29 is 14.6 Å². The van der Waals surface area contributed by atoms with Gasteiger partial charge in [-0.1, -0.05) is 42.5 Å². The third-order valence-electron chi connectivity index (χ3n) is 4.42. The van der Waals surface area contributed by atoms with E-state index in [1.165, 1.54) is 0 Å². The molecule has 4 rings (SSSR count). The standard InChI is InChI=1S/C20H17N3O3/c24-19(25)16-12-17(15-9-5-4-8-14(15)16)22-20-21-11-10-18(23-20)26-13-6-2-1-3-7-13/h1-11,16-17H,12H2,(H,24,25)(H,21,22,23). The van der Waals surface area contributed by atoms with E-state index >= 15 is 0 Å². The zero-order chi connectivity index (χ0) is 17.9. The topological polar surface area (TPSA) is 84.3 Å². The lowest BCUT2D eigenvalue weighted by Gasteiger charge is -2.14. The number of fused-ring (bicyclic) bond motifs is 1. The molecule has 0 bridgehead atoms. The number of ether oxygens (including phenoxy) is 1. The molecule has 2 atom stereocenters. The Labute approximate surface area is 150 Å². The number of anilines is 1. The molecule has 0 spiro atoms. The summed E-state index contributed by atoms with van der Waals surface area (Å²) in [7, 11) is 0. The van der Waals surface area contributed by atoms with E-state index in [2.05, 4.69) is 15.3 Å². The summed E-state index contributed by atoms with van der Waals surface area (Å²) in [5, 5.41) is 12.7. The monoisotopic (exact) mass is 347 g/mol. The van der Waals surface area contributed by atoms with Gasteiger partial charge in [-0.2, -0.15) is 4.98 Å². The molecule has 0 saturated heterocycles. The fourth-order valence-electron chi connectivity index (χ4n) is 3.24. The Bertz CT molecular complexity index is 930. The lowest BCUT2D eigenvalue weighted by molar-refractivity contribution is -0.138. The number of carbonyl (C=O) groups is 1. The van der Waals surface area contributed by atoms with Crippen LogP contribution in [-0.2, 0) is 4.79 Å². The van der Waals surface area contributed by atoms with Gasteiger partial charge in [0.1, 0.15) is 5.75 Å². The van der Waals surface area contributed by atoms with Crippen LogP contribution in [0.3, 0.4) is 0 Å². The van der Waals surface area contributed by atoms with Gasteiger partial charge in [0, 0.05) is 12.3 Å². The Morgan fingerprint density at radius 2 is 1.77 bits per heavy atom. The number of nitrogens with zero attached hydrogens (tertiary/aromatic N) is 2. The number of para-hydroxylation sites is 1. The summed E-state index contributed by atoms with van der Waals surface area (Å²) < 4.78 is 5.73. The van der Waals surface area contributed by atoms with Crippen molar-refractivity contribution in [1.82, 2.24) is 9.97 Å². The minimum Gasteiger partial charge on any atom is -0.481 e. The number of benzene rings is 2. The van der Waals surface area contributed by atoms with Crippen molar-refractivity contribution in [2.45, 2.75) is 18.4 Å². The summed E-state index contributed by atoms with van der Waals surface area (Å²) in [6, 6.07) is 18.5. The molecule has 6 nitrogen and oxygen atoms in total. The molecular weight excluding hydrogens is 330 g/mol. The number of nitrogens with one attached hydrogen (secondary N) is 1. The van der Waals surface area contributed by atoms with E-state index in [1.807, 2.05) is 54.6 Å². The van der Waals surface area contributed by atoms with E-state index in [1.54, 1.807) is 12.3 Å². The number of carboxylic acids is 1. The van der Waals surface area contributed by atoms with Gasteiger partial charge in [0.05, 0.1) is 12.0 Å². The highest BCUT2D eigenvalue weighted by atomic mass is 16.5. The Kier molecular flexibility index (Phi) is 4.23.